The highest BCUT2D eigenvalue weighted by Gasteiger charge is 2.24. The molecule has 0 aromatic carbocycles. The minimum Gasteiger partial charge on any atom is -0.356 e. The molecular weight excluding hydrogens is 164 g/mol. The van der Waals surface area contributed by atoms with Crippen molar-refractivity contribution in [2.24, 2.45) is 5.92 Å². The Morgan fingerprint density at radius 3 is 2.38 bits per heavy atom. The Kier molecular flexibility index (Phi) is 4.22. The van der Waals surface area contributed by atoms with Gasteiger partial charge in [0.1, 0.15) is 0 Å². The average molecular weight is 184 g/mol. The molecule has 0 bridgehead atoms. The largest absolute Gasteiger partial charge is 0.356 e. The summed E-state index contributed by atoms with van der Waals surface area (Å²) in [5.74, 6) is 0.515. The van der Waals surface area contributed by atoms with E-state index in [0.717, 1.165) is 32.2 Å². The zero-order chi connectivity index (χ0) is 9.68. The molecule has 1 amide bonds. The van der Waals surface area contributed by atoms with Crippen LogP contribution in [0, 0.1) is 5.92 Å². The molecule has 0 spiro atoms. The Morgan fingerprint density at radius 1 is 1.31 bits per heavy atom. The number of hydrogen-bond acceptors (Lipinski definition) is 2. The Balaban J connectivity index is 2.28. The molecule has 0 aliphatic heterocycles. The van der Waals surface area contributed by atoms with Gasteiger partial charge in [0.05, 0.1) is 0 Å². The zero-order valence-corrected chi connectivity index (χ0v) is 8.60. The summed E-state index contributed by atoms with van der Waals surface area (Å²) in [6.07, 6.45) is 4.35. The summed E-state index contributed by atoms with van der Waals surface area (Å²) in [5.41, 5.74) is 0. The lowest BCUT2D eigenvalue weighted by Crippen LogP contribution is -2.37. The maximum Gasteiger partial charge on any atom is 0.223 e. The van der Waals surface area contributed by atoms with E-state index in [2.05, 4.69) is 10.6 Å². The fourth-order valence-electron chi connectivity index (χ4n) is 1.96. The fraction of sp³-hybridized carbons (Fsp3) is 0.900. The van der Waals surface area contributed by atoms with E-state index in [9.17, 15) is 4.79 Å². The van der Waals surface area contributed by atoms with E-state index >= 15 is 0 Å². The van der Waals surface area contributed by atoms with Gasteiger partial charge in [-0.15, -0.1) is 0 Å². The molecule has 0 unspecified atom stereocenters. The van der Waals surface area contributed by atoms with Crippen molar-refractivity contribution in [2.75, 3.05) is 13.6 Å². The second-order valence-electron chi connectivity index (χ2n) is 3.73. The summed E-state index contributed by atoms with van der Waals surface area (Å²) in [6, 6.07) is 0.630. The molecule has 1 aliphatic carbocycles. The van der Waals surface area contributed by atoms with E-state index in [1.807, 2.05) is 14.0 Å². The second kappa shape index (κ2) is 5.22. The van der Waals surface area contributed by atoms with Crippen LogP contribution < -0.4 is 10.6 Å². The Hall–Kier alpha value is -0.570. The van der Waals surface area contributed by atoms with Gasteiger partial charge >= 0.3 is 0 Å². The van der Waals surface area contributed by atoms with Crippen molar-refractivity contribution in [3.05, 3.63) is 0 Å². The van der Waals surface area contributed by atoms with Gasteiger partial charge in [-0.3, -0.25) is 4.79 Å². The molecule has 1 saturated carbocycles. The van der Waals surface area contributed by atoms with Crippen LogP contribution in [0.15, 0.2) is 0 Å². The van der Waals surface area contributed by atoms with Crippen molar-refractivity contribution in [2.45, 2.75) is 38.6 Å². The van der Waals surface area contributed by atoms with E-state index in [1.165, 1.54) is 0 Å². The molecule has 76 valence electrons. The average Bonchev–Trinajstić information content (AvgIpc) is 2.18. The van der Waals surface area contributed by atoms with E-state index in [-0.39, 0.29) is 11.8 Å². The molecule has 0 saturated heterocycles. The van der Waals surface area contributed by atoms with E-state index in [4.69, 9.17) is 0 Å². The third-order valence-electron chi connectivity index (χ3n) is 2.86. The Morgan fingerprint density at radius 2 is 1.92 bits per heavy atom. The van der Waals surface area contributed by atoms with Crippen LogP contribution in [0.5, 0.6) is 0 Å². The van der Waals surface area contributed by atoms with Crippen LogP contribution in [-0.4, -0.2) is 25.5 Å². The minimum atomic E-state index is 0.247. The first-order valence-electron chi connectivity index (χ1n) is 5.23. The number of hydrogen-bond donors (Lipinski definition) is 2. The molecule has 0 aromatic rings. The monoisotopic (exact) mass is 184 g/mol. The van der Waals surface area contributed by atoms with Crippen molar-refractivity contribution in [3.63, 3.8) is 0 Å². The first kappa shape index (κ1) is 10.5. The Bertz CT molecular complexity index is 162. The molecule has 1 fully saturated rings. The minimum absolute atomic E-state index is 0.247. The van der Waals surface area contributed by atoms with Crippen LogP contribution in [-0.2, 0) is 4.79 Å². The number of rotatable bonds is 3. The summed E-state index contributed by atoms with van der Waals surface area (Å²) in [6.45, 7) is 2.72. The number of nitrogens with one attached hydrogen (secondary N) is 2. The summed E-state index contributed by atoms with van der Waals surface area (Å²) >= 11 is 0. The maximum absolute atomic E-state index is 11.5. The molecule has 0 aromatic heterocycles. The van der Waals surface area contributed by atoms with Crippen molar-refractivity contribution in [1.82, 2.24) is 10.6 Å². The summed E-state index contributed by atoms with van der Waals surface area (Å²) < 4.78 is 0. The highest BCUT2D eigenvalue weighted by atomic mass is 16.1. The van der Waals surface area contributed by atoms with Gasteiger partial charge in [0.25, 0.3) is 0 Å². The lowest BCUT2D eigenvalue weighted by Gasteiger charge is -2.27. The first-order chi connectivity index (χ1) is 6.27. The van der Waals surface area contributed by atoms with Gasteiger partial charge in [-0.1, -0.05) is 0 Å². The SMILES string of the molecule is CCNC(=O)C1CCC(NC)CC1. The van der Waals surface area contributed by atoms with Crippen molar-refractivity contribution in [1.29, 1.82) is 0 Å². The topological polar surface area (TPSA) is 41.1 Å². The van der Waals surface area contributed by atoms with Crippen molar-refractivity contribution < 1.29 is 4.79 Å². The van der Waals surface area contributed by atoms with Crippen LogP contribution in [0.2, 0.25) is 0 Å². The summed E-state index contributed by atoms with van der Waals surface area (Å²) in [7, 11) is 2.00. The molecule has 2 N–H and O–H groups in total. The highest BCUT2D eigenvalue weighted by Crippen LogP contribution is 2.23. The third-order valence-corrected chi connectivity index (χ3v) is 2.86. The van der Waals surface area contributed by atoms with E-state index < -0.39 is 0 Å². The smallest absolute Gasteiger partial charge is 0.223 e. The number of carbonyl (C=O) groups excluding carboxylic acids is 1. The first-order valence-corrected chi connectivity index (χ1v) is 5.23. The maximum atomic E-state index is 11.5. The standard InChI is InChI=1S/C10H20N2O/c1-3-12-10(13)8-4-6-9(11-2)7-5-8/h8-9,11H,3-7H2,1-2H3,(H,12,13). The molecule has 1 rings (SSSR count). The molecule has 13 heavy (non-hydrogen) atoms. The van der Waals surface area contributed by atoms with Gasteiger partial charge in [0.15, 0.2) is 0 Å². The van der Waals surface area contributed by atoms with E-state index in [0.29, 0.717) is 6.04 Å². The second-order valence-corrected chi connectivity index (χ2v) is 3.73. The van der Waals surface area contributed by atoms with Gasteiger partial charge in [0, 0.05) is 18.5 Å². The lowest BCUT2D eigenvalue weighted by atomic mass is 9.85. The van der Waals surface area contributed by atoms with Gasteiger partial charge in [-0.2, -0.15) is 0 Å². The molecular formula is C10H20N2O. The molecule has 0 radical (unpaired) electrons. The zero-order valence-electron chi connectivity index (χ0n) is 8.60. The van der Waals surface area contributed by atoms with Crippen LogP contribution in [0.4, 0.5) is 0 Å². The van der Waals surface area contributed by atoms with Gasteiger partial charge < -0.3 is 10.6 Å². The van der Waals surface area contributed by atoms with E-state index in [1.54, 1.807) is 0 Å². The predicted molar refractivity (Wildman–Crippen MR) is 53.5 cm³/mol. The summed E-state index contributed by atoms with van der Waals surface area (Å²) in [5, 5.41) is 6.15. The van der Waals surface area contributed by atoms with Crippen LogP contribution in [0.1, 0.15) is 32.6 Å². The van der Waals surface area contributed by atoms with Gasteiger partial charge in [-0.05, 0) is 39.7 Å². The molecule has 3 nitrogen and oxygen atoms in total. The lowest BCUT2D eigenvalue weighted by molar-refractivity contribution is -0.125. The molecule has 0 heterocycles. The Labute approximate surface area is 80.3 Å². The quantitative estimate of drug-likeness (QED) is 0.684. The van der Waals surface area contributed by atoms with Gasteiger partial charge in [-0.25, -0.2) is 0 Å². The van der Waals surface area contributed by atoms with Crippen LogP contribution >= 0.6 is 0 Å². The van der Waals surface area contributed by atoms with Crippen LogP contribution in [0.3, 0.4) is 0 Å². The molecule has 1 aliphatic rings. The van der Waals surface area contributed by atoms with Crippen LogP contribution in [0.25, 0.3) is 0 Å². The number of amides is 1. The highest BCUT2D eigenvalue weighted by molar-refractivity contribution is 5.78. The molecule has 3 heteroatoms. The third kappa shape index (κ3) is 2.99. The van der Waals surface area contributed by atoms with Crippen molar-refractivity contribution in [3.8, 4) is 0 Å². The number of carbonyl (C=O) groups is 1. The molecule has 0 atom stereocenters. The van der Waals surface area contributed by atoms with Gasteiger partial charge in [0.2, 0.25) is 5.91 Å². The normalized spacial score (nSPS) is 28.5. The fourth-order valence-corrected chi connectivity index (χ4v) is 1.96. The summed E-state index contributed by atoms with van der Waals surface area (Å²) in [4.78, 5) is 11.5. The van der Waals surface area contributed by atoms with Crippen molar-refractivity contribution >= 4 is 5.91 Å². The predicted octanol–water partition coefficient (Wildman–Crippen LogP) is 0.901.